The van der Waals surface area contributed by atoms with Gasteiger partial charge in [0.2, 0.25) is 0 Å². The number of hydrogen-bond acceptors (Lipinski definition) is 3. The van der Waals surface area contributed by atoms with E-state index in [2.05, 4.69) is 0 Å². The van der Waals surface area contributed by atoms with Gasteiger partial charge in [0.1, 0.15) is 0 Å². The van der Waals surface area contributed by atoms with Crippen LogP contribution in [0.1, 0.15) is 13.8 Å². The topological polar surface area (TPSA) is 46.2 Å². The predicted octanol–water partition coefficient (Wildman–Crippen LogP) is 3.44. The van der Waals surface area contributed by atoms with Gasteiger partial charge >= 0.3 is 0 Å². The molecular weight excluding hydrogens is 253 g/mol. The minimum absolute atomic E-state index is 0.519. The van der Waals surface area contributed by atoms with Crippen LogP contribution in [0.15, 0.2) is 17.0 Å². The SMILES string of the molecule is CC(C)(O)CSc1c(N)cc(Cl)cc1Cl. The minimum Gasteiger partial charge on any atom is -0.398 e. The second-order valence-electron chi connectivity index (χ2n) is 3.91. The fourth-order valence-corrected chi connectivity index (χ4v) is 2.57. The van der Waals surface area contributed by atoms with Crippen molar-refractivity contribution in [2.75, 3.05) is 11.5 Å². The molecule has 3 N–H and O–H groups in total. The van der Waals surface area contributed by atoms with Gasteiger partial charge in [-0.15, -0.1) is 11.8 Å². The van der Waals surface area contributed by atoms with Gasteiger partial charge in [0.25, 0.3) is 0 Å². The summed E-state index contributed by atoms with van der Waals surface area (Å²) < 4.78 is 0. The molecule has 0 saturated heterocycles. The van der Waals surface area contributed by atoms with Crippen LogP contribution in [-0.4, -0.2) is 16.5 Å². The van der Waals surface area contributed by atoms with Crippen molar-refractivity contribution in [2.45, 2.75) is 24.3 Å². The summed E-state index contributed by atoms with van der Waals surface area (Å²) in [5.41, 5.74) is 5.57. The Morgan fingerprint density at radius 1 is 1.40 bits per heavy atom. The summed E-state index contributed by atoms with van der Waals surface area (Å²) in [5, 5.41) is 10.6. The van der Waals surface area contributed by atoms with E-state index in [0.29, 0.717) is 21.5 Å². The number of nitrogens with two attached hydrogens (primary N) is 1. The van der Waals surface area contributed by atoms with Crippen molar-refractivity contribution in [1.29, 1.82) is 0 Å². The molecule has 0 fully saturated rings. The van der Waals surface area contributed by atoms with Crippen LogP contribution in [0, 0.1) is 0 Å². The van der Waals surface area contributed by atoms with Crippen molar-refractivity contribution in [3.05, 3.63) is 22.2 Å². The van der Waals surface area contributed by atoms with E-state index in [4.69, 9.17) is 28.9 Å². The third-order valence-corrected chi connectivity index (χ3v) is 3.83. The van der Waals surface area contributed by atoms with Gasteiger partial charge in [-0.2, -0.15) is 0 Å². The Labute approximate surface area is 104 Å². The molecule has 0 atom stereocenters. The number of aliphatic hydroxyl groups is 1. The molecule has 0 aliphatic carbocycles. The molecule has 1 aromatic rings. The van der Waals surface area contributed by atoms with Crippen LogP contribution in [-0.2, 0) is 0 Å². The first-order valence-electron chi connectivity index (χ1n) is 4.39. The monoisotopic (exact) mass is 265 g/mol. The van der Waals surface area contributed by atoms with Gasteiger partial charge in [0, 0.05) is 21.4 Å². The second kappa shape index (κ2) is 4.83. The van der Waals surface area contributed by atoms with Crippen molar-refractivity contribution < 1.29 is 5.11 Å². The molecule has 0 heterocycles. The number of hydrogen-bond donors (Lipinski definition) is 2. The number of benzene rings is 1. The predicted molar refractivity (Wildman–Crippen MR) is 67.9 cm³/mol. The van der Waals surface area contributed by atoms with Crippen LogP contribution in [0.2, 0.25) is 10.0 Å². The number of halogens is 2. The first kappa shape index (κ1) is 13.0. The van der Waals surface area contributed by atoms with Gasteiger partial charge < -0.3 is 10.8 Å². The van der Waals surface area contributed by atoms with E-state index in [1.54, 1.807) is 26.0 Å². The highest BCUT2D eigenvalue weighted by Gasteiger charge is 2.15. The Hall–Kier alpha value is -0.0900. The van der Waals surface area contributed by atoms with Crippen LogP contribution < -0.4 is 5.73 Å². The Morgan fingerprint density at radius 2 is 2.00 bits per heavy atom. The van der Waals surface area contributed by atoms with Crippen molar-refractivity contribution in [3.8, 4) is 0 Å². The van der Waals surface area contributed by atoms with E-state index >= 15 is 0 Å². The quantitative estimate of drug-likeness (QED) is 0.650. The summed E-state index contributed by atoms with van der Waals surface area (Å²) in [6, 6.07) is 3.30. The van der Waals surface area contributed by atoms with Crippen molar-refractivity contribution in [1.82, 2.24) is 0 Å². The van der Waals surface area contributed by atoms with E-state index < -0.39 is 5.60 Å². The number of thioether (sulfide) groups is 1. The van der Waals surface area contributed by atoms with Crippen molar-refractivity contribution in [3.63, 3.8) is 0 Å². The maximum atomic E-state index is 9.58. The smallest absolute Gasteiger partial charge is 0.0685 e. The van der Waals surface area contributed by atoms with Gasteiger partial charge in [-0.1, -0.05) is 23.2 Å². The Morgan fingerprint density at radius 3 is 2.47 bits per heavy atom. The van der Waals surface area contributed by atoms with Crippen LogP contribution >= 0.6 is 35.0 Å². The molecule has 1 rings (SSSR count). The van der Waals surface area contributed by atoms with Crippen LogP contribution in [0.4, 0.5) is 5.69 Å². The van der Waals surface area contributed by atoms with E-state index in [1.165, 1.54) is 11.8 Å². The van der Waals surface area contributed by atoms with Gasteiger partial charge in [0.15, 0.2) is 0 Å². The Bertz CT molecular complexity index is 340. The van der Waals surface area contributed by atoms with E-state index in [0.717, 1.165) is 4.90 Å². The molecule has 15 heavy (non-hydrogen) atoms. The molecule has 0 bridgehead atoms. The molecular formula is C10H13Cl2NOS. The molecule has 84 valence electrons. The summed E-state index contributed by atoms with van der Waals surface area (Å²) in [5.74, 6) is 0.526. The van der Waals surface area contributed by atoms with Crippen LogP contribution in [0.5, 0.6) is 0 Å². The van der Waals surface area contributed by atoms with E-state index in [1.807, 2.05) is 0 Å². The molecule has 0 radical (unpaired) electrons. The maximum absolute atomic E-state index is 9.58. The van der Waals surface area contributed by atoms with Gasteiger partial charge in [-0.05, 0) is 26.0 Å². The summed E-state index contributed by atoms with van der Waals surface area (Å²) in [4.78, 5) is 0.767. The average molecular weight is 266 g/mol. The lowest BCUT2D eigenvalue weighted by Crippen LogP contribution is -2.21. The van der Waals surface area contributed by atoms with Crippen molar-refractivity contribution in [2.24, 2.45) is 0 Å². The first-order chi connectivity index (χ1) is 6.79. The molecule has 1 aromatic carbocycles. The van der Waals surface area contributed by atoms with E-state index in [-0.39, 0.29) is 0 Å². The van der Waals surface area contributed by atoms with Crippen LogP contribution in [0.25, 0.3) is 0 Å². The molecule has 0 aliphatic heterocycles. The zero-order valence-electron chi connectivity index (χ0n) is 8.55. The summed E-state index contributed by atoms with van der Waals surface area (Å²) in [6.07, 6.45) is 0. The van der Waals surface area contributed by atoms with Crippen LogP contribution in [0.3, 0.4) is 0 Å². The normalized spacial score (nSPS) is 11.8. The third-order valence-electron chi connectivity index (χ3n) is 1.61. The van der Waals surface area contributed by atoms with Crippen molar-refractivity contribution >= 4 is 40.7 Å². The van der Waals surface area contributed by atoms with Gasteiger partial charge in [-0.3, -0.25) is 0 Å². The molecule has 0 unspecified atom stereocenters. The second-order valence-corrected chi connectivity index (χ2v) is 5.74. The van der Waals surface area contributed by atoms with E-state index in [9.17, 15) is 5.11 Å². The first-order valence-corrected chi connectivity index (χ1v) is 6.13. The summed E-state index contributed by atoms with van der Waals surface area (Å²) in [6.45, 7) is 3.47. The Balaban J connectivity index is 2.86. The zero-order valence-corrected chi connectivity index (χ0v) is 10.9. The molecule has 0 aromatic heterocycles. The van der Waals surface area contributed by atoms with Gasteiger partial charge in [0.05, 0.1) is 10.6 Å². The zero-order chi connectivity index (χ0) is 11.6. The lowest BCUT2D eigenvalue weighted by molar-refractivity contribution is 0.107. The fourth-order valence-electron chi connectivity index (χ4n) is 0.981. The molecule has 0 aliphatic rings. The fraction of sp³-hybridized carbons (Fsp3) is 0.400. The number of nitrogen functional groups attached to an aromatic ring is 1. The number of anilines is 1. The number of rotatable bonds is 3. The largest absolute Gasteiger partial charge is 0.398 e. The average Bonchev–Trinajstić information content (AvgIpc) is 1.99. The standard InChI is InChI=1S/C10H13Cl2NOS/c1-10(2,14)5-15-9-7(12)3-6(11)4-8(9)13/h3-4,14H,5,13H2,1-2H3. The highest BCUT2D eigenvalue weighted by atomic mass is 35.5. The molecule has 0 spiro atoms. The maximum Gasteiger partial charge on any atom is 0.0685 e. The lowest BCUT2D eigenvalue weighted by atomic mass is 10.2. The molecule has 2 nitrogen and oxygen atoms in total. The Kier molecular flexibility index (Phi) is 4.18. The molecule has 5 heteroatoms. The third kappa shape index (κ3) is 4.11. The molecule has 0 amide bonds. The highest BCUT2D eigenvalue weighted by Crippen LogP contribution is 2.36. The summed E-state index contributed by atoms with van der Waals surface area (Å²) in [7, 11) is 0. The minimum atomic E-state index is -0.750. The highest BCUT2D eigenvalue weighted by molar-refractivity contribution is 7.99. The molecule has 0 saturated carbocycles. The lowest BCUT2D eigenvalue weighted by Gasteiger charge is -2.17. The van der Waals surface area contributed by atoms with Gasteiger partial charge in [-0.25, -0.2) is 0 Å². The summed E-state index contributed by atoms with van der Waals surface area (Å²) >= 11 is 13.2.